The lowest BCUT2D eigenvalue weighted by atomic mass is 9.86. The van der Waals surface area contributed by atoms with Crippen LogP contribution in [0, 0.1) is 0 Å². The Kier molecular flexibility index (Phi) is 5.01. The maximum absolute atomic E-state index is 9.56. The summed E-state index contributed by atoms with van der Waals surface area (Å²) in [5.74, 6) is 1.57. The van der Waals surface area contributed by atoms with Crippen LogP contribution in [0.5, 0.6) is 5.75 Å². The molecule has 1 aromatic heterocycles. The first-order valence-electron chi connectivity index (χ1n) is 9.19. The highest BCUT2D eigenvalue weighted by atomic mass is 16.3. The number of phenolic OH excluding ortho intramolecular Hbond substituents is 1. The smallest absolute Gasteiger partial charge is 0.137 e. The Balaban J connectivity index is 1.61. The van der Waals surface area contributed by atoms with Gasteiger partial charge in [-0.1, -0.05) is 60.7 Å². The number of aromatic amines is 1. The Morgan fingerprint density at radius 2 is 1.59 bits per heavy atom. The minimum Gasteiger partial charge on any atom is -0.508 e. The summed E-state index contributed by atoms with van der Waals surface area (Å²) < 4.78 is 0. The number of hydrogen-bond acceptors (Lipinski definition) is 2. The van der Waals surface area contributed by atoms with Gasteiger partial charge >= 0.3 is 0 Å². The molecule has 0 aliphatic heterocycles. The summed E-state index contributed by atoms with van der Waals surface area (Å²) in [5.41, 5.74) is 4.95. The quantitative estimate of drug-likeness (QED) is 0.490. The molecule has 0 saturated heterocycles. The van der Waals surface area contributed by atoms with Crippen molar-refractivity contribution < 1.29 is 5.11 Å². The molecule has 0 radical (unpaired) electrons. The average molecular weight is 354 g/mol. The molecular weight excluding hydrogens is 332 g/mol. The number of aromatic hydroxyl groups is 1. The van der Waals surface area contributed by atoms with Gasteiger partial charge in [0.2, 0.25) is 0 Å². The molecule has 4 rings (SSSR count). The van der Waals surface area contributed by atoms with E-state index in [0.717, 1.165) is 24.2 Å². The molecule has 1 unspecified atom stereocenters. The fraction of sp³-hybridized carbons (Fsp3) is 0.125. The van der Waals surface area contributed by atoms with Gasteiger partial charge in [-0.3, -0.25) is 0 Å². The van der Waals surface area contributed by atoms with Gasteiger partial charge in [0.25, 0.3) is 0 Å². The number of H-pyrrole nitrogens is 1. The van der Waals surface area contributed by atoms with Gasteiger partial charge in [-0.15, -0.1) is 0 Å². The molecule has 0 aliphatic carbocycles. The van der Waals surface area contributed by atoms with Crippen molar-refractivity contribution >= 4 is 0 Å². The molecule has 0 fully saturated rings. The highest BCUT2D eigenvalue weighted by Crippen LogP contribution is 2.27. The van der Waals surface area contributed by atoms with Gasteiger partial charge in [0, 0.05) is 18.0 Å². The minimum atomic E-state index is 0.307. The molecule has 0 spiro atoms. The number of hydrogen-bond donors (Lipinski definition) is 2. The van der Waals surface area contributed by atoms with Crippen LogP contribution in [0.1, 0.15) is 22.6 Å². The highest BCUT2D eigenvalue weighted by Gasteiger charge is 2.14. The normalized spacial score (nSPS) is 12.0. The largest absolute Gasteiger partial charge is 0.508 e. The molecule has 4 aromatic rings. The third kappa shape index (κ3) is 4.26. The van der Waals surface area contributed by atoms with E-state index in [0.29, 0.717) is 11.7 Å². The molecule has 3 heteroatoms. The van der Waals surface area contributed by atoms with Crippen molar-refractivity contribution in [2.24, 2.45) is 0 Å². The van der Waals surface area contributed by atoms with Crippen molar-refractivity contribution in [2.45, 2.75) is 18.8 Å². The molecule has 0 aliphatic rings. The summed E-state index contributed by atoms with van der Waals surface area (Å²) in [6, 6.07) is 26.7. The van der Waals surface area contributed by atoms with Crippen LogP contribution in [-0.2, 0) is 12.8 Å². The topological polar surface area (TPSA) is 48.9 Å². The summed E-state index contributed by atoms with van der Waals surface area (Å²) in [4.78, 5) is 7.54. The standard InChI is InChI=1S/C24H22N2O/c27-23-11-9-18(10-12-23)15-22(20-6-2-1-3-7-20)17-19-5-4-8-21(16-19)24-25-13-14-26-24/h1-14,16,22,27H,15,17H2,(H,25,26). The van der Waals surface area contributed by atoms with E-state index in [1.165, 1.54) is 16.7 Å². The van der Waals surface area contributed by atoms with Crippen LogP contribution in [0.4, 0.5) is 0 Å². The summed E-state index contributed by atoms with van der Waals surface area (Å²) in [7, 11) is 0. The molecule has 1 atom stereocenters. The summed E-state index contributed by atoms with van der Waals surface area (Å²) in [5, 5.41) is 9.56. The monoisotopic (exact) mass is 354 g/mol. The van der Waals surface area contributed by atoms with E-state index < -0.39 is 0 Å². The lowest BCUT2D eigenvalue weighted by molar-refractivity contribution is 0.475. The number of benzene rings is 3. The molecule has 27 heavy (non-hydrogen) atoms. The van der Waals surface area contributed by atoms with Gasteiger partial charge in [0.1, 0.15) is 11.6 Å². The molecule has 0 saturated carbocycles. The molecule has 1 heterocycles. The van der Waals surface area contributed by atoms with Gasteiger partial charge in [-0.05, 0) is 53.6 Å². The Hall–Kier alpha value is -3.33. The van der Waals surface area contributed by atoms with Gasteiger partial charge in [0.15, 0.2) is 0 Å². The van der Waals surface area contributed by atoms with E-state index in [4.69, 9.17) is 0 Å². The van der Waals surface area contributed by atoms with Gasteiger partial charge < -0.3 is 10.1 Å². The van der Waals surface area contributed by atoms with E-state index in [9.17, 15) is 5.11 Å². The number of nitrogens with zero attached hydrogens (tertiary/aromatic N) is 1. The van der Waals surface area contributed by atoms with Crippen LogP contribution in [0.25, 0.3) is 11.4 Å². The Morgan fingerprint density at radius 1 is 0.815 bits per heavy atom. The predicted molar refractivity (Wildman–Crippen MR) is 109 cm³/mol. The maximum atomic E-state index is 9.56. The zero-order chi connectivity index (χ0) is 18.5. The van der Waals surface area contributed by atoms with E-state index >= 15 is 0 Å². The second-order valence-corrected chi connectivity index (χ2v) is 6.82. The zero-order valence-electron chi connectivity index (χ0n) is 15.0. The lowest BCUT2D eigenvalue weighted by Gasteiger charge is -2.18. The number of imidazole rings is 1. The molecule has 2 N–H and O–H groups in total. The predicted octanol–water partition coefficient (Wildman–Crippen LogP) is 5.35. The van der Waals surface area contributed by atoms with E-state index in [1.54, 1.807) is 18.3 Å². The van der Waals surface area contributed by atoms with Crippen LogP contribution in [-0.4, -0.2) is 15.1 Å². The fourth-order valence-corrected chi connectivity index (χ4v) is 3.50. The zero-order valence-corrected chi connectivity index (χ0v) is 15.0. The van der Waals surface area contributed by atoms with Crippen molar-refractivity contribution in [3.63, 3.8) is 0 Å². The maximum Gasteiger partial charge on any atom is 0.137 e. The van der Waals surface area contributed by atoms with Crippen molar-refractivity contribution in [2.75, 3.05) is 0 Å². The van der Waals surface area contributed by atoms with Gasteiger partial charge in [0.05, 0.1) is 0 Å². The Labute approximate surface area is 159 Å². The fourth-order valence-electron chi connectivity index (χ4n) is 3.50. The SMILES string of the molecule is Oc1ccc(CC(Cc2cccc(-c3ncc[nH]3)c2)c2ccccc2)cc1. The highest BCUT2D eigenvalue weighted by molar-refractivity contribution is 5.56. The molecule has 0 bridgehead atoms. The van der Waals surface area contributed by atoms with E-state index in [1.807, 2.05) is 18.3 Å². The van der Waals surface area contributed by atoms with Crippen LogP contribution in [0.15, 0.2) is 91.3 Å². The number of phenols is 1. The second-order valence-electron chi connectivity index (χ2n) is 6.82. The summed E-state index contributed by atoms with van der Waals surface area (Å²) in [6.45, 7) is 0. The molecular formula is C24H22N2O. The van der Waals surface area contributed by atoms with Crippen LogP contribution < -0.4 is 0 Å². The first-order chi connectivity index (χ1) is 13.3. The number of rotatable bonds is 6. The number of nitrogens with one attached hydrogen (secondary N) is 1. The van der Waals surface area contributed by atoms with Crippen molar-refractivity contribution in [1.82, 2.24) is 9.97 Å². The first-order valence-corrected chi connectivity index (χ1v) is 9.19. The van der Waals surface area contributed by atoms with Crippen LogP contribution in [0.2, 0.25) is 0 Å². The third-order valence-corrected chi connectivity index (χ3v) is 4.87. The summed E-state index contributed by atoms with van der Waals surface area (Å²) in [6.07, 6.45) is 5.49. The van der Waals surface area contributed by atoms with E-state index in [2.05, 4.69) is 64.6 Å². The molecule has 134 valence electrons. The van der Waals surface area contributed by atoms with Crippen molar-refractivity contribution in [3.8, 4) is 17.1 Å². The van der Waals surface area contributed by atoms with Crippen molar-refractivity contribution in [3.05, 3.63) is 108 Å². The lowest BCUT2D eigenvalue weighted by Crippen LogP contribution is -2.07. The Bertz CT molecular complexity index is 977. The van der Waals surface area contributed by atoms with Crippen molar-refractivity contribution in [1.29, 1.82) is 0 Å². The molecule has 0 amide bonds. The van der Waals surface area contributed by atoms with E-state index in [-0.39, 0.29) is 0 Å². The second kappa shape index (κ2) is 7.92. The number of aromatic nitrogens is 2. The minimum absolute atomic E-state index is 0.307. The average Bonchev–Trinajstić information content (AvgIpc) is 3.25. The van der Waals surface area contributed by atoms with Gasteiger partial charge in [-0.25, -0.2) is 4.98 Å². The van der Waals surface area contributed by atoms with Crippen LogP contribution >= 0.6 is 0 Å². The first kappa shape index (κ1) is 17.1. The van der Waals surface area contributed by atoms with Crippen LogP contribution in [0.3, 0.4) is 0 Å². The molecule has 3 aromatic carbocycles. The van der Waals surface area contributed by atoms with Gasteiger partial charge in [-0.2, -0.15) is 0 Å². The summed E-state index contributed by atoms with van der Waals surface area (Å²) >= 11 is 0. The Morgan fingerprint density at radius 3 is 2.33 bits per heavy atom. The molecule has 3 nitrogen and oxygen atoms in total. The third-order valence-electron chi connectivity index (χ3n) is 4.87.